The van der Waals surface area contributed by atoms with Gasteiger partial charge in [-0.3, -0.25) is 0 Å². The van der Waals surface area contributed by atoms with E-state index < -0.39 is 0 Å². The van der Waals surface area contributed by atoms with Crippen molar-refractivity contribution in [1.29, 1.82) is 0 Å². The quantitative estimate of drug-likeness (QED) is 0.652. The van der Waals surface area contributed by atoms with Crippen LogP contribution in [0.3, 0.4) is 0 Å². The molecular weight excluding hydrogens is 152 g/mol. The first kappa shape index (κ1) is 11.9. The van der Waals surface area contributed by atoms with Gasteiger partial charge < -0.3 is 9.47 Å². The predicted molar refractivity (Wildman–Crippen MR) is 51.3 cm³/mol. The fourth-order valence-corrected chi connectivity index (χ4v) is 0.598. The molecule has 12 heavy (non-hydrogen) atoms. The van der Waals surface area contributed by atoms with Gasteiger partial charge >= 0.3 is 0 Å². The molecule has 0 fully saturated rings. The first-order valence-corrected chi connectivity index (χ1v) is 4.52. The van der Waals surface area contributed by atoms with Crippen LogP contribution in [0.4, 0.5) is 0 Å². The molecule has 0 N–H and O–H groups in total. The Morgan fingerprint density at radius 2 is 1.67 bits per heavy atom. The standard InChI is InChI=1S/C10H22O2/c1-8(11-6)7-12-9(2)10(3,4)5/h8-9H,7H2,1-6H3. The molecule has 0 aromatic carbocycles. The van der Waals surface area contributed by atoms with Crippen LogP contribution in [0.5, 0.6) is 0 Å². The molecule has 0 saturated heterocycles. The van der Waals surface area contributed by atoms with Gasteiger partial charge in [-0.1, -0.05) is 20.8 Å². The molecule has 0 radical (unpaired) electrons. The first-order chi connectivity index (χ1) is 5.38. The van der Waals surface area contributed by atoms with Gasteiger partial charge in [0, 0.05) is 7.11 Å². The molecule has 0 saturated carbocycles. The molecule has 74 valence electrons. The molecule has 0 aliphatic carbocycles. The summed E-state index contributed by atoms with van der Waals surface area (Å²) in [6, 6.07) is 0. The fraction of sp³-hybridized carbons (Fsp3) is 1.00. The average Bonchev–Trinajstić information content (AvgIpc) is 1.97. The normalized spacial score (nSPS) is 17.5. The topological polar surface area (TPSA) is 18.5 Å². The Morgan fingerprint density at radius 3 is 2.00 bits per heavy atom. The summed E-state index contributed by atoms with van der Waals surface area (Å²) in [5.41, 5.74) is 0.216. The minimum atomic E-state index is 0.190. The third-order valence-electron chi connectivity index (χ3n) is 2.20. The van der Waals surface area contributed by atoms with Crippen molar-refractivity contribution in [3.63, 3.8) is 0 Å². The lowest BCUT2D eigenvalue weighted by atomic mass is 9.90. The lowest BCUT2D eigenvalue weighted by Gasteiger charge is -2.28. The van der Waals surface area contributed by atoms with E-state index in [0.29, 0.717) is 6.61 Å². The monoisotopic (exact) mass is 174 g/mol. The molecular formula is C10H22O2. The summed E-state index contributed by atoms with van der Waals surface area (Å²) in [6.07, 6.45) is 0.463. The molecule has 0 heterocycles. The Labute approximate surface area is 76.3 Å². The predicted octanol–water partition coefficient (Wildman–Crippen LogP) is 2.47. The molecule has 0 rings (SSSR count). The summed E-state index contributed by atoms with van der Waals surface area (Å²) >= 11 is 0. The summed E-state index contributed by atoms with van der Waals surface area (Å²) in [5.74, 6) is 0. The van der Waals surface area contributed by atoms with Gasteiger partial charge in [0.2, 0.25) is 0 Å². The zero-order valence-electron chi connectivity index (χ0n) is 9.18. The van der Waals surface area contributed by atoms with Crippen molar-refractivity contribution in [3.8, 4) is 0 Å². The molecule has 0 bridgehead atoms. The minimum absolute atomic E-state index is 0.190. The smallest absolute Gasteiger partial charge is 0.0776 e. The van der Waals surface area contributed by atoms with E-state index in [1.807, 2.05) is 6.92 Å². The summed E-state index contributed by atoms with van der Waals surface area (Å²) in [6.45, 7) is 11.3. The Balaban J connectivity index is 3.64. The summed E-state index contributed by atoms with van der Waals surface area (Å²) in [7, 11) is 1.70. The SMILES string of the molecule is COC(C)COC(C)C(C)(C)C. The third kappa shape index (κ3) is 4.73. The van der Waals surface area contributed by atoms with Gasteiger partial charge in [0.1, 0.15) is 0 Å². The van der Waals surface area contributed by atoms with E-state index in [1.165, 1.54) is 0 Å². The molecule has 2 nitrogen and oxygen atoms in total. The number of hydrogen-bond donors (Lipinski definition) is 0. The zero-order chi connectivity index (χ0) is 9.78. The van der Waals surface area contributed by atoms with Crippen molar-refractivity contribution >= 4 is 0 Å². The minimum Gasteiger partial charge on any atom is -0.379 e. The van der Waals surface area contributed by atoms with E-state index in [9.17, 15) is 0 Å². The highest BCUT2D eigenvalue weighted by Gasteiger charge is 2.20. The maximum Gasteiger partial charge on any atom is 0.0776 e. The number of rotatable bonds is 4. The Kier molecular flexibility index (Phi) is 4.80. The molecule has 2 unspecified atom stereocenters. The van der Waals surface area contributed by atoms with Crippen LogP contribution in [0, 0.1) is 5.41 Å². The molecule has 2 heteroatoms. The molecule has 0 spiro atoms. The van der Waals surface area contributed by atoms with Crippen molar-refractivity contribution in [2.24, 2.45) is 5.41 Å². The van der Waals surface area contributed by atoms with Crippen molar-refractivity contribution in [3.05, 3.63) is 0 Å². The average molecular weight is 174 g/mol. The lowest BCUT2D eigenvalue weighted by molar-refractivity contribution is -0.0519. The van der Waals surface area contributed by atoms with E-state index >= 15 is 0 Å². The van der Waals surface area contributed by atoms with Crippen LogP contribution in [0.25, 0.3) is 0 Å². The second-order valence-corrected chi connectivity index (χ2v) is 4.39. The van der Waals surface area contributed by atoms with Gasteiger partial charge in [0.15, 0.2) is 0 Å². The van der Waals surface area contributed by atoms with Crippen LogP contribution in [0.2, 0.25) is 0 Å². The maximum absolute atomic E-state index is 5.63. The van der Waals surface area contributed by atoms with E-state index in [-0.39, 0.29) is 17.6 Å². The molecule has 0 aliphatic heterocycles. The van der Waals surface area contributed by atoms with Crippen LogP contribution in [-0.2, 0) is 9.47 Å². The molecule has 0 aromatic heterocycles. The van der Waals surface area contributed by atoms with E-state index in [1.54, 1.807) is 7.11 Å². The van der Waals surface area contributed by atoms with E-state index in [0.717, 1.165) is 0 Å². The Bertz CT molecular complexity index is 115. The Morgan fingerprint density at radius 1 is 1.17 bits per heavy atom. The molecule has 0 aliphatic rings. The van der Waals surface area contributed by atoms with Gasteiger partial charge in [-0.05, 0) is 19.3 Å². The highest BCUT2D eigenvalue weighted by molar-refractivity contribution is 4.69. The number of hydrogen-bond acceptors (Lipinski definition) is 2. The number of ether oxygens (including phenoxy) is 2. The fourth-order valence-electron chi connectivity index (χ4n) is 0.598. The van der Waals surface area contributed by atoms with Crippen LogP contribution >= 0.6 is 0 Å². The first-order valence-electron chi connectivity index (χ1n) is 4.52. The van der Waals surface area contributed by atoms with Crippen LogP contribution < -0.4 is 0 Å². The van der Waals surface area contributed by atoms with E-state index in [4.69, 9.17) is 9.47 Å². The lowest BCUT2D eigenvalue weighted by Crippen LogP contribution is -2.29. The van der Waals surface area contributed by atoms with Crippen LogP contribution in [0.15, 0.2) is 0 Å². The second-order valence-electron chi connectivity index (χ2n) is 4.39. The maximum atomic E-state index is 5.63. The largest absolute Gasteiger partial charge is 0.379 e. The van der Waals surface area contributed by atoms with Crippen molar-refractivity contribution < 1.29 is 9.47 Å². The van der Waals surface area contributed by atoms with Gasteiger partial charge in [-0.25, -0.2) is 0 Å². The van der Waals surface area contributed by atoms with Gasteiger partial charge in [-0.15, -0.1) is 0 Å². The van der Waals surface area contributed by atoms with Gasteiger partial charge in [-0.2, -0.15) is 0 Å². The van der Waals surface area contributed by atoms with Crippen LogP contribution in [0.1, 0.15) is 34.6 Å². The Hall–Kier alpha value is -0.0800. The van der Waals surface area contributed by atoms with Crippen molar-refractivity contribution in [2.45, 2.75) is 46.8 Å². The van der Waals surface area contributed by atoms with Gasteiger partial charge in [0.05, 0.1) is 18.8 Å². The summed E-state index contributed by atoms with van der Waals surface area (Å²) < 4.78 is 10.7. The molecule has 0 aromatic rings. The number of methoxy groups -OCH3 is 1. The van der Waals surface area contributed by atoms with E-state index in [2.05, 4.69) is 27.7 Å². The third-order valence-corrected chi connectivity index (χ3v) is 2.20. The zero-order valence-corrected chi connectivity index (χ0v) is 9.18. The summed E-state index contributed by atoms with van der Waals surface area (Å²) in [4.78, 5) is 0. The van der Waals surface area contributed by atoms with Gasteiger partial charge in [0.25, 0.3) is 0 Å². The highest BCUT2D eigenvalue weighted by atomic mass is 16.5. The molecule has 2 atom stereocenters. The molecule has 0 amide bonds. The second kappa shape index (κ2) is 4.83. The van der Waals surface area contributed by atoms with Crippen molar-refractivity contribution in [1.82, 2.24) is 0 Å². The summed E-state index contributed by atoms with van der Waals surface area (Å²) in [5, 5.41) is 0. The van der Waals surface area contributed by atoms with Crippen molar-refractivity contribution in [2.75, 3.05) is 13.7 Å². The highest BCUT2D eigenvalue weighted by Crippen LogP contribution is 2.21. The van der Waals surface area contributed by atoms with Crippen LogP contribution in [-0.4, -0.2) is 25.9 Å².